The van der Waals surface area contributed by atoms with Crippen LogP contribution in [0.2, 0.25) is 0 Å². The van der Waals surface area contributed by atoms with Crippen molar-refractivity contribution >= 4 is 34.5 Å². The van der Waals surface area contributed by atoms with Crippen LogP contribution in [0, 0.1) is 6.92 Å². The molecule has 1 atom stereocenters. The largest absolute Gasteiger partial charge is 0.366 e. The Kier molecular flexibility index (Phi) is 5.95. The van der Waals surface area contributed by atoms with Crippen molar-refractivity contribution in [2.75, 3.05) is 0 Å². The average Bonchev–Trinajstić information content (AvgIpc) is 3.23. The molecule has 4 amide bonds. The number of fused-ring (bicyclic) bond motifs is 2. The normalized spacial score (nSPS) is 16.9. The molecule has 3 heterocycles. The molecule has 39 heavy (non-hydrogen) atoms. The number of benzene rings is 3. The minimum absolute atomic E-state index is 0.203. The van der Waals surface area contributed by atoms with Gasteiger partial charge < -0.3 is 10.6 Å². The van der Waals surface area contributed by atoms with Gasteiger partial charge in [-0.2, -0.15) is 0 Å². The fourth-order valence-corrected chi connectivity index (χ4v) is 5.60. The summed E-state index contributed by atoms with van der Waals surface area (Å²) in [6.45, 7) is 2.29. The van der Waals surface area contributed by atoms with Crippen LogP contribution in [0.4, 0.5) is 0 Å². The molecule has 3 aromatic carbocycles. The zero-order valence-corrected chi connectivity index (χ0v) is 21.4. The predicted octanol–water partition coefficient (Wildman–Crippen LogP) is 3.66. The van der Waals surface area contributed by atoms with Gasteiger partial charge in [-0.3, -0.25) is 24.5 Å². The van der Waals surface area contributed by atoms with Crippen molar-refractivity contribution in [2.45, 2.75) is 38.8 Å². The SMILES string of the molecule is Cc1ccc(-c2nc3ccccc3c(C(N)=O)c2Cc2ccc3c(c2)CN(C2CCC(=O)NC2=O)C3=O)cc1. The van der Waals surface area contributed by atoms with Crippen molar-refractivity contribution in [1.82, 2.24) is 15.2 Å². The number of pyridine rings is 1. The molecule has 0 bridgehead atoms. The van der Waals surface area contributed by atoms with Gasteiger partial charge in [0, 0.05) is 35.9 Å². The summed E-state index contributed by atoms with van der Waals surface area (Å²) in [5.41, 5.74) is 12.7. The smallest absolute Gasteiger partial charge is 0.255 e. The fourth-order valence-electron chi connectivity index (χ4n) is 5.60. The van der Waals surface area contributed by atoms with E-state index < -0.39 is 17.9 Å². The summed E-state index contributed by atoms with van der Waals surface area (Å²) < 4.78 is 0. The third-order valence-corrected chi connectivity index (χ3v) is 7.53. The van der Waals surface area contributed by atoms with Crippen LogP contribution < -0.4 is 11.1 Å². The first kappa shape index (κ1) is 24.5. The van der Waals surface area contributed by atoms with E-state index in [0.29, 0.717) is 40.6 Å². The summed E-state index contributed by atoms with van der Waals surface area (Å²) in [4.78, 5) is 56.5. The van der Waals surface area contributed by atoms with Crippen molar-refractivity contribution in [3.05, 3.63) is 100 Å². The number of aryl methyl sites for hydroxylation is 1. The van der Waals surface area contributed by atoms with Gasteiger partial charge in [-0.25, -0.2) is 4.98 Å². The second-order valence-electron chi connectivity index (χ2n) is 10.1. The molecule has 1 fully saturated rings. The lowest BCUT2D eigenvalue weighted by Gasteiger charge is -2.29. The van der Waals surface area contributed by atoms with Crippen LogP contribution in [0.1, 0.15) is 55.8 Å². The monoisotopic (exact) mass is 518 g/mol. The van der Waals surface area contributed by atoms with Gasteiger partial charge in [0.05, 0.1) is 16.8 Å². The number of hydrogen-bond acceptors (Lipinski definition) is 5. The molecule has 4 aromatic rings. The fraction of sp³-hybridized carbons (Fsp3) is 0.194. The zero-order chi connectivity index (χ0) is 27.3. The van der Waals surface area contributed by atoms with Crippen LogP contribution in [0.5, 0.6) is 0 Å². The molecule has 6 rings (SSSR count). The highest BCUT2D eigenvalue weighted by Crippen LogP contribution is 2.34. The highest BCUT2D eigenvalue weighted by Gasteiger charge is 2.39. The third kappa shape index (κ3) is 4.33. The number of amides is 4. The maximum Gasteiger partial charge on any atom is 0.255 e. The Hall–Kier alpha value is -4.85. The van der Waals surface area contributed by atoms with Crippen LogP contribution in [-0.4, -0.2) is 39.6 Å². The Morgan fingerprint density at radius 3 is 2.56 bits per heavy atom. The van der Waals surface area contributed by atoms with Crippen molar-refractivity contribution in [3.63, 3.8) is 0 Å². The maximum atomic E-state index is 13.1. The number of rotatable bonds is 5. The van der Waals surface area contributed by atoms with E-state index in [1.54, 1.807) is 6.07 Å². The molecule has 0 saturated carbocycles. The summed E-state index contributed by atoms with van der Waals surface area (Å²) in [5, 5.41) is 3.02. The Morgan fingerprint density at radius 2 is 1.82 bits per heavy atom. The maximum absolute atomic E-state index is 13.1. The topological polar surface area (TPSA) is 122 Å². The van der Waals surface area contributed by atoms with Gasteiger partial charge >= 0.3 is 0 Å². The number of piperidine rings is 1. The Morgan fingerprint density at radius 1 is 1.05 bits per heavy atom. The van der Waals surface area contributed by atoms with E-state index in [9.17, 15) is 19.2 Å². The van der Waals surface area contributed by atoms with Gasteiger partial charge in [0.2, 0.25) is 17.7 Å². The minimum atomic E-state index is -0.676. The van der Waals surface area contributed by atoms with Gasteiger partial charge in [0.1, 0.15) is 6.04 Å². The molecule has 0 aliphatic carbocycles. The number of primary amides is 1. The second-order valence-corrected chi connectivity index (χ2v) is 10.1. The molecule has 8 nitrogen and oxygen atoms in total. The minimum Gasteiger partial charge on any atom is -0.366 e. The van der Waals surface area contributed by atoms with Gasteiger partial charge in [-0.15, -0.1) is 0 Å². The standard InChI is InChI=1S/C31H26N4O4/c1-17-6-9-19(10-7-17)28-23(27(29(32)37)22-4-2-3-5-24(22)33-28)15-18-8-11-21-20(14-18)16-35(31(21)39)25-12-13-26(36)34-30(25)38/h2-11,14,25H,12-13,15-16H2,1H3,(H2,32,37)(H,34,36,38). The van der Waals surface area contributed by atoms with E-state index in [4.69, 9.17) is 10.7 Å². The zero-order valence-electron chi connectivity index (χ0n) is 21.4. The molecule has 2 aliphatic rings. The van der Waals surface area contributed by atoms with Crippen LogP contribution in [0.3, 0.4) is 0 Å². The Bertz CT molecular complexity index is 1690. The van der Waals surface area contributed by atoms with Crippen molar-refractivity contribution in [3.8, 4) is 11.3 Å². The van der Waals surface area contributed by atoms with Crippen molar-refractivity contribution in [2.24, 2.45) is 5.73 Å². The first-order valence-electron chi connectivity index (χ1n) is 12.8. The van der Waals surface area contributed by atoms with Gasteiger partial charge in [-0.05, 0) is 42.2 Å². The highest BCUT2D eigenvalue weighted by atomic mass is 16.2. The number of carbonyl (C=O) groups excluding carboxylic acids is 4. The Labute approximate surface area is 224 Å². The number of para-hydroxylation sites is 1. The van der Waals surface area contributed by atoms with Gasteiger partial charge in [-0.1, -0.05) is 60.2 Å². The van der Waals surface area contributed by atoms with E-state index in [2.05, 4.69) is 5.32 Å². The molecular weight excluding hydrogens is 492 g/mol. The number of nitrogens with two attached hydrogens (primary N) is 1. The first-order valence-corrected chi connectivity index (χ1v) is 12.8. The van der Waals surface area contributed by atoms with Crippen LogP contribution in [0.25, 0.3) is 22.2 Å². The molecule has 1 saturated heterocycles. The number of imide groups is 1. The molecule has 0 radical (unpaired) electrons. The molecule has 194 valence electrons. The number of aromatic nitrogens is 1. The third-order valence-electron chi connectivity index (χ3n) is 7.53. The van der Waals surface area contributed by atoms with Crippen LogP contribution in [-0.2, 0) is 22.6 Å². The van der Waals surface area contributed by atoms with Crippen molar-refractivity contribution < 1.29 is 19.2 Å². The summed E-state index contributed by atoms with van der Waals surface area (Å²) in [6, 6.07) is 20.3. The summed E-state index contributed by atoms with van der Waals surface area (Å²) in [7, 11) is 0. The molecule has 8 heteroatoms. The van der Waals surface area contributed by atoms with Crippen molar-refractivity contribution in [1.29, 1.82) is 0 Å². The lowest BCUT2D eigenvalue weighted by molar-refractivity contribution is -0.136. The highest BCUT2D eigenvalue weighted by molar-refractivity contribution is 6.08. The summed E-state index contributed by atoms with van der Waals surface area (Å²) in [6.07, 6.45) is 0.884. The number of nitrogens with zero attached hydrogens (tertiary/aromatic N) is 2. The average molecular weight is 519 g/mol. The van der Waals surface area contributed by atoms with E-state index in [1.165, 1.54) is 4.90 Å². The molecule has 1 unspecified atom stereocenters. The molecule has 0 spiro atoms. The summed E-state index contributed by atoms with van der Waals surface area (Å²) in [5.74, 6) is -1.51. The summed E-state index contributed by atoms with van der Waals surface area (Å²) >= 11 is 0. The number of hydrogen-bond donors (Lipinski definition) is 2. The van der Waals surface area contributed by atoms with E-state index in [0.717, 1.165) is 27.8 Å². The molecule has 3 N–H and O–H groups in total. The van der Waals surface area contributed by atoms with E-state index >= 15 is 0 Å². The van der Waals surface area contributed by atoms with E-state index in [-0.39, 0.29) is 24.8 Å². The lowest BCUT2D eigenvalue weighted by Crippen LogP contribution is -2.52. The van der Waals surface area contributed by atoms with Crippen LogP contribution >= 0.6 is 0 Å². The number of nitrogens with one attached hydrogen (secondary N) is 1. The van der Waals surface area contributed by atoms with Gasteiger partial charge in [0.15, 0.2) is 0 Å². The first-order chi connectivity index (χ1) is 18.8. The lowest BCUT2D eigenvalue weighted by atomic mass is 9.91. The Balaban J connectivity index is 1.41. The molecular formula is C31H26N4O4. The second kappa shape index (κ2) is 9.47. The number of carbonyl (C=O) groups is 4. The van der Waals surface area contributed by atoms with Crippen LogP contribution in [0.15, 0.2) is 66.7 Å². The quantitative estimate of drug-likeness (QED) is 0.391. The molecule has 2 aliphatic heterocycles. The molecule has 1 aromatic heterocycles. The predicted molar refractivity (Wildman–Crippen MR) is 146 cm³/mol. The van der Waals surface area contributed by atoms with E-state index in [1.807, 2.05) is 67.6 Å². The van der Waals surface area contributed by atoms with Gasteiger partial charge in [0.25, 0.3) is 5.91 Å².